The number of fused-ring (bicyclic) bond motifs is 3. The lowest BCUT2D eigenvalue weighted by Crippen LogP contribution is -2.22. The van der Waals surface area contributed by atoms with Crippen molar-refractivity contribution in [1.82, 2.24) is 24.5 Å². The number of nitrogens with two attached hydrogens (primary N) is 1. The Hall–Kier alpha value is -3.99. The number of aromatic nitrogens is 5. The summed E-state index contributed by atoms with van der Waals surface area (Å²) in [6, 6.07) is 13.0. The zero-order chi connectivity index (χ0) is 24.9. The summed E-state index contributed by atoms with van der Waals surface area (Å²) in [7, 11) is -3.30. The molecule has 1 atom stereocenters. The zero-order valence-electron chi connectivity index (χ0n) is 19.6. The highest BCUT2D eigenvalue weighted by Crippen LogP contribution is 2.40. The summed E-state index contributed by atoms with van der Waals surface area (Å²) in [4.78, 5) is 13.7. The summed E-state index contributed by atoms with van der Waals surface area (Å²) >= 11 is 0. The van der Waals surface area contributed by atoms with Gasteiger partial charge in [0.1, 0.15) is 18.2 Å². The van der Waals surface area contributed by atoms with Gasteiger partial charge in [0.05, 0.1) is 22.5 Å². The molecule has 11 heteroatoms. The Morgan fingerprint density at radius 3 is 2.51 bits per heavy atom. The summed E-state index contributed by atoms with van der Waals surface area (Å²) in [5.74, 6) is 1.24. The SMILES string of the molecule is Cc1nnc2n1-c1ccc(-c3cnn(CC(N)=O)c3)cc1N(c1ccc(S(C)(=O)=O)cc1)CC2C. The number of anilines is 2. The van der Waals surface area contributed by atoms with Gasteiger partial charge in [0.2, 0.25) is 5.91 Å². The van der Waals surface area contributed by atoms with E-state index in [1.54, 1.807) is 24.5 Å². The summed E-state index contributed by atoms with van der Waals surface area (Å²) in [5, 5.41) is 13.0. The van der Waals surface area contributed by atoms with Gasteiger partial charge in [0, 0.05) is 36.2 Å². The van der Waals surface area contributed by atoms with Gasteiger partial charge in [0.25, 0.3) is 0 Å². The molecule has 0 saturated carbocycles. The molecule has 5 rings (SSSR count). The number of nitrogens with zero attached hydrogens (tertiary/aromatic N) is 6. The Morgan fingerprint density at radius 1 is 1.09 bits per heavy atom. The minimum Gasteiger partial charge on any atom is -0.368 e. The number of primary amides is 1. The number of carbonyl (C=O) groups is 1. The number of hydrogen-bond donors (Lipinski definition) is 1. The van der Waals surface area contributed by atoms with E-state index in [-0.39, 0.29) is 17.4 Å². The fourth-order valence-electron chi connectivity index (χ4n) is 4.43. The quantitative estimate of drug-likeness (QED) is 0.454. The molecule has 35 heavy (non-hydrogen) atoms. The number of aryl methyl sites for hydroxylation is 1. The van der Waals surface area contributed by atoms with Crippen molar-refractivity contribution in [3.8, 4) is 16.8 Å². The van der Waals surface area contributed by atoms with Crippen molar-refractivity contribution in [2.24, 2.45) is 5.73 Å². The average molecular weight is 492 g/mol. The molecule has 2 N–H and O–H groups in total. The Balaban J connectivity index is 1.66. The average Bonchev–Trinajstić information content (AvgIpc) is 3.39. The summed E-state index contributed by atoms with van der Waals surface area (Å²) in [5.41, 5.74) is 9.78. The number of hydrogen-bond acceptors (Lipinski definition) is 7. The van der Waals surface area contributed by atoms with E-state index in [2.05, 4.69) is 37.8 Å². The molecule has 0 spiro atoms. The van der Waals surface area contributed by atoms with Crippen molar-refractivity contribution in [1.29, 1.82) is 0 Å². The van der Waals surface area contributed by atoms with Crippen molar-refractivity contribution in [3.63, 3.8) is 0 Å². The molecule has 0 radical (unpaired) electrons. The maximum atomic E-state index is 12.0. The normalized spacial score (nSPS) is 15.4. The fraction of sp³-hybridized carbons (Fsp3) is 0.250. The number of benzene rings is 2. The van der Waals surface area contributed by atoms with Gasteiger partial charge >= 0.3 is 0 Å². The molecule has 2 aromatic heterocycles. The Kier molecular flexibility index (Phi) is 5.43. The first-order valence-electron chi connectivity index (χ1n) is 11.1. The summed E-state index contributed by atoms with van der Waals surface area (Å²) in [6.45, 7) is 4.64. The van der Waals surface area contributed by atoms with Gasteiger partial charge in [-0.15, -0.1) is 10.2 Å². The molecule has 3 heterocycles. The standard InChI is InChI=1S/C24H25N7O3S/c1-15-12-30(19-5-7-20(8-6-19)35(3,33)34)22-10-17(18-11-26-29(13-18)14-23(25)32)4-9-21(22)31-16(2)27-28-24(15)31/h4-11,13,15H,12,14H2,1-3H3,(H2,25,32). The highest BCUT2D eigenvalue weighted by Gasteiger charge is 2.28. The van der Waals surface area contributed by atoms with Crippen LogP contribution < -0.4 is 10.6 Å². The molecule has 180 valence electrons. The van der Waals surface area contributed by atoms with E-state index in [0.717, 1.165) is 39.8 Å². The zero-order valence-corrected chi connectivity index (χ0v) is 20.4. The maximum absolute atomic E-state index is 12.0. The van der Waals surface area contributed by atoms with Crippen molar-refractivity contribution in [3.05, 3.63) is 66.5 Å². The van der Waals surface area contributed by atoms with Crippen molar-refractivity contribution < 1.29 is 13.2 Å². The van der Waals surface area contributed by atoms with Gasteiger partial charge in [-0.25, -0.2) is 8.42 Å². The van der Waals surface area contributed by atoms with E-state index >= 15 is 0 Å². The maximum Gasteiger partial charge on any atom is 0.239 e. The molecule has 0 bridgehead atoms. The van der Waals surface area contributed by atoms with Crippen LogP contribution in [0.3, 0.4) is 0 Å². The lowest BCUT2D eigenvalue weighted by Gasteiger charge is -2.27. The van der Waals surface area contributed by atoms with E-state index in [0.29, 0.717) is 6.54 Å². The second-order valence-electron chi connectivity index (χ2n) is 8.81. The number of rotatable bonds is 5. The van der Waals surface area contributed by atoms with Crippen molar-refractivity contribution >= 4 is 27.1 Å². The lowest BCUT2D eigenvalue weighted by molar-refractivity contribution is -0.118. The second-order valence-corrected chi connectivity index (χ2v) is 10.8. The second kappa shape index (κ2) is 8.35. The molecule has 0 fully saturated rings. The molecular formula is C24H25N7O3S. The first-order chi connectivity index (χ1) is 16.6. The van der Waals surface area contributed by atoms with Crippen molar-refractivity contribution in [2.45, 2.75) is 31.2 Å². The van der Waals surface area contributed by atoms with Gasteiger partial charge in [-0.1, -0.05) is 13.0 Å². The van der Waals surface area contributed by atoms with Crippen LogP contribution in [0.15, 0.2) is 59.8 Å². The molecule has 1 aliphatic heterocycles. The van der Waals surface area contributed by atoms with E-state index < -0.39 is 15.7 Å². The van der Waals surface area contributed by atoms with Crippen LogP contribution >= 0.6 is 0 Å². The Labute approximate surface area is 202 Å². The van der Waals surface area contributed by atoms with Gasteiger partial charge in [0.15, 0.2) is 9.84 Å². The third-order valence-electron chi connectivity index (χ3n) is 6.12. The molecule has 4 aromatic rings. The number of sulfone groups is 1. The minimum absolute atomic E-state index is 0.00449. The molecule has 10 nitrogen and oxygen atoms in total. The molecule has 1 unspecified atom stereocenters. The molecule has 0 saturated heterocycles. The largest absolute Gasteiger partial charge is 0.368 e. The van der Waals surface area contributed by atoms with Crippen molar-refractivity contribution in [2.75, 3.05) is 17.7 Å². The molecule has 0 aliphatic carbocycles. The highest BCUT2D eigenvalue weighted by atomic mass is 32.2. The van der Waals surface area contributed by atoms with Gasteiger partial charge < -0.3 is 10.6 Å². The van der Waals surface area contributed by atoms with E-state index in [1.807, 2.05) is 31.2 Å². The van der Waals surface area contributed by atoms with E-state index in [1.165, 1.54) is 10.9 Å². The highest BCUT2D eigenvalue weighted by molar-refractivity contribution is 7.90. The lowest BCUT2D eigenvalue weighted by atomic mass is 10.1. The number of amides is 1. The van der Waals surface area contributed by atoms with E-state index in [9.17, 15) is 13.2 Å². The van der Waals surface area contributed by atoms with Crippen LogP contribution in [0.1, 0.15) is 24.5 Å². The predicted octanol–water partition coefficient (Wildman–Crippen LogP) is 2.58. The third kappa shape index (κ3) is 4.18. The van der Waals surface area contributed by atoms with Crippen LogP contribution in [0.25, 0.3) is 16.8 Å². The molecular weight excluding hydrogens is 466 g/mol. The van der Waals surface area contributed by atoms with Crippen LogP contribution in [0, 0.1) is 6.92 Å². The summed E-state index contributed by atoms with van der Waals surface area (Å²) in [6.07, 6.45) is 4.68. The Morgan fingerprint density at radius 2 is 1.83 bits per heavy atom. The van der Waals surface area contributed by atoms with Gasteiger partial charge in [-0.05, 0) is 48.9 Å². The molecule has 1 aliphatic rings. The number of carbonyl (C=O) groups excluding carboxylic acids is 1. The summed E-state index contributed by atoms with van der Waals surface area (Å²) < 4.78 is 27.5. The Bertz CT molecular complexity index is 1540. The third-order valence-corrected chi connectivity index (χ3v) is 7.24. The van der Waals surface area contributed by atoms with Gasteiger partial charge in [-0.3, -0.25) is 14.0 Å². The van der Waals surface area contributed by atoms with Crippen LogP contribution in [-0.2, 0) is 21.2 Å². The first kappa shape index (κ1) is 22.8. The van der Waals surface area contributed by atoms with Crippen LogP contribution in [0.4, 0.5) is 11.4 Å². The van der Waals surface area contributed by atoms with Gasteiger partial charge in [-0.2, -0.15) is 5.10 Å². The molecule has 2 aromatic carbocycles. The minimum atomic E-state index is -3.30. The molecule has 1 amide bonds. The van der Waals surface area contributed by atoms with Crippen LogP contribution in [0.5, 0.6) is 0 Å². The fourth-order valence-corrected chi connectivity index (χ4v) is 5.06. The van der Waals surface area contributed by atoms with E-state index in [4.69, 9.17) is 5.73 Å². The monoisotopic (exact) mass is 491 g/mol. The first-order valence-corrected chi connectivity index (χ1v) is 13.0. The van der Waals surface area contributed by atoms with Crippen LogP contribution in [0.2, 0.25) is 0 Å². The smallest absolute Gasteiger partial charge is 0.239 e. The predicted molar refractivity (Wildman–Crippen MR) is 131 cm³/mol. The van der Waals surface area contributed by atoms with Crippen LogP contribution in [-0.4, -0.2) is 51.7 Å². The topological polar surface area (TPSA) is 129 Å².